The Bertz CT molecular complexity index is 691. The number of halogens is 3. The van der Waals surface area contributed by atoms with Gasteiger partial charge in [-0.25, -0.2) is 18.4 Å². The van der Waals surface area contributed by atoms with Gasteiger partial charge in [-0.1, -0.05) is 0 Å². The minimum Gasteiger partial charge on any atom is -0.339 e. The van der Waals surface area contributed by atoms with E-state index in [1.54, 1.807) is 4.90 Å². The summed E-state index contributed by atoms with van der Waals surface area (Å²) in [6.07, 6.45) is -1.55. The van der Waals surface area contributed by atoms with Crippen molar-refractivity contribution in [3.8, 4) is 0 Å². The number of rotatable bonds is 4. The molecule has 0 bridgehead atoms. The molecule has 0 aromatic carbocycles. The number of likely N-dealkylation sites (N-methyl/N-ethyl adjacent to an activating group) is 1. The lowest BCUT2D eigenvalue weighted by Gasteiger charge is -2.24. The third-order valence-electron chi connectivity index (χ3n) is 4.24. The summed E-state index contributed by atoms with van der Waals surface area (Å²) in [4.78, 5) is 9.03. The van der Waals surface area contributed by atoms with Crippen molar-refractivity contribution < 1.29 is 21.6 Å². The quantitative estimate of drug-likeness (QED) is 0.823. The predicted molar refractivity (Wildman–Crippen MR) is 77.4 cm³/mol. The molecule has 23 heavy (non-hydrogen) atoms. The van der Waals surface area contributed by atoms with Gasteiger partial charge in [-0.2, -0.15) is 17.5 Å². The van der Waals surface area contributed by atoms with E-state index in [2.05, 4.69) is 9.97 Å². The van der Waals surface area contributed by atoms with Gasteiger partial charge < -0.3 is 4.90 Å². The highest BCUT2D eigenvalue weighted by Crippen LogP contribution is 2.33. The highest BCUT2D eigenvalue weighted by Gasteiger charge is 2.43. The molecule has 1 aromatic rings. The molecule has 1 saturated heterocycles. The van der Waals surface area contributed by atoms with Gasteiger partial charge in [-0.05, 0) is 25.3 Å². The van der Waals surface area contributed by atoms with E-state index in [1.165, 1.54) is 11.4 Å². The minimum atomic E-state index is -4.52. The van der Waals surface area contributed by atoms with Gasteiger partial charge in [0.25, 0.3) is 0 Å². The lowest BCUT2D eigenvalue weighted by atomic mass is 10.3. The smallest absolute Gasteiger partial charge is 0.339 e. The van der Waals surface area contributed by atoms with Crippen LogP contribution in [0.5, 0.6) is 0 Å². The van der Waals surface area contributed by atoms with E-state index in [1.807, 2.05) is 0 Å². The minimum absolute atomic E-state index is 0.0143. The van der Waals surface area contributed by atoms with Crippen LogP contribution in [0.4, 0.5) is 19.1 Å². The summed E-state index contributed by atoms with van der Waals surface area (Å²) >= 11 is 0. The maximum atomic E-state index is 12.7. The number of sulfonamides is 1. The molecule has 2 fully saturated rings. The normalized spacial score (nSPS) is 22.8. The Labute approximate surface area is 132 Å². The summed E-state index contributed by atoms with van der Waals surface area (Å²) in [5.41, 5.74) is -0.995. The van der Waals surface area contributed by atoms with Gasteiger partial charge in [0.05, 0.1) is 5.25 Å². The Kier molecular flexibility index (Phi) is 3.99. The van der Waals surface area contributed by atoms with Crippen molar-refractivity contribution in [2.75, 3.05) is 25.0 Å². The van der Waals surface area contributed by atoms with Crippen molar-refractivity contribution in [1.29, 1.82) is 0 Å². The van der Waals surface area contributed by atoms with Crippen LogP contribution >= 0.6 is 0 Å². The second-order valence-corrected chi connectivity index (χ2v) is 8.16. The molecule has 10 heteroatoms. The van der Waals surface area contributed by atoms with Gasteiger partial charge in [-0.15, -0.1) is 0 Å². The Morgan fingerprint density at radius 2 is 2.00 bits per heavy atom. The van der Waals surface area contributed by atoms with Gasteiger partial charge in [-0.3, -0.25) is 0 Å². The van der Waals surface area contributed by atoms with Crippen LogP contribution in [-0.2, 0) is 16.2 Å². The molecule has 1 atom stereocenters. The summed E-state index contributed by atoms with van der Waals surface area (Å²) in [6, 6.07) is 0.555. The zero-order valence-electron chi connectivity index (χ0n) is 12.5. The van der Waals surface area contributed by atoms with Crippen LogP contribution in [-0.4, -0.2) is 54.1 Å². The fourth-order valence-corrected chi connectivity index (χ4v) is 4.48. The number of anilines is 1. The Morgan fingerprint density at radius 3 is 2.61 bits per heavy atom. The number of hydrogen-bond acceptors (Lipinski definition) is 5. The van der Waals surface area contributed by atoms with Crippen LogP contribution in [0.15, 0.2) is 12.3 Å². The van der Waals surface area contributed by atoms with Crippen molar-refractivity contribution in [1.82, 2.24) is 14.3 Å². The van der Waals surface area contributed by atoms with E-state index < -0.39 is 21.9 Å². The van der Waals surface area contributed by atoms with Crippen LogP contribution in [0.1, 0.15) is 25.0 Å². The van der Waals surface area contributed by atoms with Crippen LogP contribution in [0.3, 0.4) is 0 Å². The fraction of sp³-hybridized carbons (Fsp3) is 0.692. The van der Waals surface area contributed by atoms with Gasteiger partial charge in [0.2, 0.25) is 16.0 Å². The van der Waals surface area contributed by atoms with Gasteiger partial charge in [0, 0.05) is 32.4 Å². The average Bonchev–Trinajstić information content (AvgIpc) is 3.24. The molecular formula is C13H17F3N4O2S. The molecule has 1 aliphatic carbocycles. The first-order valence-corrected chi connectivity index (χ1v) is 8.82. The molecule has 1 aliphatic heterocycles. The van der Waals surface area contributed by atoms with E-state index in [0.717, 1.165) is 12.3 Å². The largest absolute Gasteiger partial charge is 0.433 e. The van der Waals surface area contributed by atoms with Crippen molar-refractivity contribution in [2.45, 2.75) is 36.7 Å². The van der Waals surface area contributed by atoms with Crippen molar-refractivity contribution in [3.05, 3.63) is 18.0 Å². The monoisotopic (exact) mass is 350 g/mol. The van der Waals surface area contributed by atoms with E-state index in [4.69, 9.17) is 0 Å². The highest BCUT2D eigenvalue weighted by molar-refractivity contribution is 7.90. The third-order valence-corrected chi connectivity index (χ3v) is 6.66. The molecule has 128 valence electrons. The number of alkyl halides is 3. The van der Waals surface area contributed by atoms with Gasteiger partial charge >= 0.3 is 6.18 Å². The van der Waals surface area contributed by atoms with Gasteiger partial charge in [0.1, 0.15) is 5.69 Å². The molecule has 3 rings (SSSR count). The molecule has 2 aliphatic rings. The van der Waals surface area contributed by atoms with Crippen LogP contribution in [0.2, 0.25) is 0 Å². The Morgan fingerprint density at radius 1 is 1.30 bits per heavy atom. The molecular weight excluding hydrogens is 333 g/mol. The molecule has 0 amide bonds. The second-order valence-electron chi connectivity index (χ2n) is 5.89. The first kappa shape index (κ1) is 16.4. The Hall–Kier alpha value is -1.42. The summed E-state index contributed by atoms with van der Waals surface area (Å²) < 4.78 is 64.0. The number of nitrogens with zero attached hydrogens (tertiary/aromatic N) is 4. The van der Waals surface area contributed by atoms with Crippen LogP contribution < -0.4 is 4.90 Å². The zero-order chi connectivity index (χ0) is 16.8. The summed E-state index contributed by atoms with van der Waals surface area (Å²) in [6.45, 7) is 0.722. The molecule has 2 heterocycles. The maximum absolute atomic E-state index is 12.7. The van der Waals surface area contributed by atoms with Crippen molar-refractivity contribution in [2.24, 2.45) is 0 Å². The molecule has 1 aromatic heterocycles. The summed E-state index contributed by atoms with van der Waals surface area (Å²) in [7, 11) is -1.76. The highest BCUT2D eigenvalue weighted by atomic mass is 32.2. The first-order valence-electron chi connectivity index (χ1n) is 7.31. The van der Waals surface area contributed by atoms with Crippen LogP contribution in [0.25, 0.3) is 0 Å². The van der Waals surface area contributed by atoms with E-state index in [-0.39, 0.29) is 17.2 Å². The third kappa shape index (κ3) is 3.27. The molecule has 0 spiro atoms. The van der Waals surface area contributed by atoms with E-state index >= 15 is 0 Å². The Balaban J connectivity index is 1.73. The topological polar surface area (TPSA) is 66.4 Å². The van der Waals surface area contributed by atoms with E-state index in [9.17, 15) is 21.6 Å². The lowest BCUT2D eigenvalue weighted by molar-refractivity contribution is -0.141. The number of aromatic nitrogens is 2. The maximum Gasteiger partial charge on any atom is 0.433 e. The second kappa shape index (κ2) is 5.59. The van der Waals surface area contributed by atoms with Crippen molar-refractivity contribution >= 4 is 16.0 Å². The average molecular weight is 350 g/mol. The zero-order valence-corrected chi connectivity index (χ0v) is 13.3. The van der Waals surface area contributed by atoms with Crippen molar-refractivity contribution in [3.63, 3.8) is 0 Å². The standard InChI is InChI=1S/C13H17F3N4O2S/c1-19(23(21,22)10-2-3-10)9-5-7-20(8-9)12-17-6-4-11(18-12)13(14,15)16/h4,6,9-10H,2-3,5,7-8H2,1H3. The van der Waals surface area contributed by atoms with Gasteiger partial charge in [0.15, 0.2) is 0 Å². The number of hydrogen-bond donors (Lipinski definition) is 0. The SMILES string of the molecule is CN(C1CCN(c2nccc(C(F)(F)F)n2)C1)S(=O)(=O)C1CC1. The fourth-order valence-electron chi connectivity index (χ4n) is 2.69. The molecule has 0 radical (unpaired) electrons. The first-order chi connectivity index (χ1) is 10.7. The predicted octanol–water partition coefficient (Wildman–Crippen LogP) is 1.50. The molecule has 6 nitrogen and oxygen atoms in total. The van der Waals surface area contributed by atoms with E-state index in [0.29, 0.717) is 32.4 Å². The molecule has 1 saturated carbocycles. The summed E-state index contributed by atoms with van der Waals surface area (Å²) in [5.74, 6) is -0.0143. The molecule has 1 unspecified atom stereocenters. The molecule has 0 N–H and O–H groups in total. The lowest BCUT2D eigenvalue weighted by Crippen LogP contribution is -2.40. The summed E-state index contributed by atoms with van der Waals surface area (Å²) in [5, 5.41) is -0.300. The van der Waals surface area contributed by atoms with Crippen LogP contribution in [0, 0.1) is 0 Å².